The Morgan fingerprint density at radius 2 is 1.90 bits per heavy atom. The average Bonchev–Trinajstić information content (AvgIpc) is 3.18. The lowest BCUT2D eigenvalue weighted by Crippen LogP contribution is -2.39. The zero-order chi connectivity index (χ0) is 28.4. The van der Waals surface area contributed by atoms with Crippen molar-refractivity contribution < 1.29 is 23.8 Å². The Kier molecular flexibility index (Phi) is 8.75. The third-order valence-electron chi connectivity index (χ3n) is 6.23. The fourth-order valence-electron chi connectivity index (χ4n) is 4.39. The first-order chi connectivity index (χ1) is 18.5. The van der Waals surface area contributed by atoms with Gasteiger partial charge in [0, 0.05) is 6.92 Å². The largest absolute Gasteiger partial charge is 0.493 e. The van der Waals surface area contributed by atoms with E-state index in [4.69, 9.17) is 14.2 Å². The summed E-state index contributed by atoms with van der Waals surface area (Å²) < 4.78 is 18.8. The number of hydrogen-bond acceptors (Lipinski definition) is 8. The molecule has 2 aromatic carbocycles. The van der Waals surface area contributed by atoms with Gasteiger partial charge in [-0.05, 0) is 77.3 Å². The highest BCUT2D eigenvalue weighted by Gasteiger charge is 2.33. The molecular formula is C29H29IN2O6S. The van der Waals surface area contributed by atoms with Crippen LogP contribution in [0.3, 0.4) is 0 Å². The van der Waals surface area contributed by atoms with E-state index in [2.05, 4.69) is 41.4 Å². The number of benzene rings is 2. The molecule has 8 nitrogen and oxygen atoms in total. The number of halogens is 1. The van der Waals surface area contributed by atoms with Gasteiger partial charge in [-0.25, -0.2) is 9.79 Å². The lowest BCUT2D eigenvalue weighted by Gasteiger charge is -2.25. The molecule has 0 saturated heterocycles. The van der Waals surface area contributed by atoms with Gasteiger partial charge in [0.05, 0.1) is 39.1 Å². The monoisotopic (exact) mass is 660 g/mol. The van der Waals surface area contributed by atoms with Crippen molar-refractivity contribution in [2.24, 2.45) is 4.99 Å². The Hall–Kier alpha value is -3.25. The first kappa shape index (κ1) is 28.8. The summed E-state index contributed by atoms with van der Waals surface area (Å²) in [5, 5.41) is 0. The Bertz CT molecular complexity index is 1650. The molecule has 0 N–H and O–H groups in total. The van der Waals surface area contributed by atoms with Crippen molar-refractivity contribution in [3.63, 3.8) is 0 Å². The minimum Gasteiger partial charge on any atom is -0.493 e. The van der Waals surface area contributed by atoms with Crippen LogP contribution in [-0.4, -0.2) is 30.2 Å². The van der Waals surface area contributed by atoms with Crippen LogP contribution in [-0.2, 0) is 14.3 Å². The second-order valence-corrected chi connectivity index (χ2v) is 11.4. The molecule has 0 aliphatic carbocycles. The molecule has 0 saturated carbocycles. The number of hydrogen-bond donors (Lipinski definition) is 0. The van der Waals surface area contributed by atoms with Crippen molar-refractivity contribution in [2.45, 2.75) is 46.6 Å². The minimum atomic E-state index is -0.676. The van der Waals surface area contributed by atoms with E-state index in [0.29, 0.717) is 47.2 Å². The van der Waals surface area contributed by atoms with Crippen LogP contribution >= 0.6 is 33.9 Å². The highest BCUT2D eigenvalue weighted by Crippen LogP contribution is 2.35. The maximum atomic E-state index is 13.9. The molecule has 0 bridgehead atoms. The zero-order valence-corrected chi connectivity index (χ0v) is 25.5. The van der Waals surface area contributed by atoms with Crippen LogP contribution < -0.4 is 24.4 Å². The highest BCUT2D eigenvalue weighted by atomic mass is 127. The molecule has 4 rings (SSSR count). The molecule has 1 atom stereocenters. The summed E-state index contributed by atoms with van der Waals surface area (Å²) in [7, 11) is 1.49. The molecule has 0 spiro atoms. The van der Waals surface area contributed by atoms with Crippen molar-refractivity contribution in [1.29, 1.82) is 0 Å². The average molecular weight is 661 g/mol. The van der Waals surface area contributed by atoms with E-state index in [1.165, 1.54) is 25.4 Å². The fourth-order valence-corrected chi connectivity index (χ4v) is 6.17. The Morgan fingerprint density at radius 1 is 1.21 bits per heavy atom. The normalized spacial score (nSPS) is 15.2. The second-order valence-electron chi connectivity index (χ2n) is 9.25. The topological polar surface area (TPSA) is 96.2 Å². The van der Waals surface area contributed by atoms with E-state index in [1.807, 2.05) is 24.3 Å². The molecule has 1 aliphatic heterocycles. The predicted octanol–water partition coefficient (Wildman–Crippen LogP) is 4.46. The van der Waals surface area contributed by atoms with Crippen LogP contribution in [0.1, 0.15) is 63.3 Å². The van der Waals surface area contributed by atoms with Crippen LogP contribution in [0.5, 0.6) is 11.5 Å². The lowest BCUT2D eigenvalue weighted by molar-refractivity contribution is -0.139. The van der Waals surface area contributed by atoms with Gasteiger partial charge < -0.3 is 14.2 Å². The van der Waals surface area contributed by atoms with Crippen LogP contribution in [0, 0.1) is 3.57 Å². The summed E-state index contributed by atoms with van der Waals surface area (Å²) in [6.07, 6.45) is 1.74. The van der Waals surface area contributed by atoms with E-state index in [0.717, 1.165) is 11.1 Å². The number of thiazole rings is 1. The van der Waals surface area contributed by atoms with Gasteiger partial charge in [-0.2, -0.15) is 0 Å². The maximum Gasteiger partial charge on any atom is 0.338 e. The second kappa shape index (κ2) is 11.9. The van der Waals surface area contributed by atoms with Crippen molar-refractivity contribution in [3.8, 4) is 11.5 Å². The van der Waals surface area contributed by atoms with Gasteiger partial charge in [-0.15, -0.1) is 0 Å². The Balaban J connectivity index is 1.91. The lowest BCUT2D eigenvalue weighted by atomic mass is 9.93. The first-order valence-corrected chi connectivity index (χ1v) is 14.3. The maximum absolute atomic E-state index is 13.9. The van der Waals surface area contributed by atoms with E-state index < -0.39 is 18.0 Å². The van der Waals surface area contributed by atoms with Crippen LogP contribution in [0.4, 0.5) is 0 Å². The smallest absolute Gasteiger partial charge is 0.338 e. The number of rotatable bonds is 7. The number of ether oxygens (including phenoxy) is 3. The summed E-state index contributed by atoms with van der Waals surface area (Å²) in [6.45, 7) is 9.27. The SMILES string of the molecule is CCOC(=O)C1=C(C)N=c2sc(=Cc3cc(I)c(OC(C)=O)c(OC)c3)c(=O)n2C1c1ccc(C(C)C)cc1. The Labute approximate surface area is 243 Å². The molecule has 204 valence electrons. The van der Waals surface area contributed by atoms with Crippen molar-refractivity contribution in [3.05, 3.63) is 87.6 Å². The van der Waals surface area contributed by atoms with E-state index in [1.54, 1.807) is 36.6 Å². The number of carbonyl (C=O) groups is 2. The van der Waals surface area contributed by atoms with E-state index in [-0.39, 0.29) is 12.2 Å². The quantitative estimate of drug-likeness (QED) is 0.211. The van der Waals surface area contributed by atoms with Gasteiger partial charge in [0.25, 0.3) is 5.56 Å². The van der Waals surface area contributed by atoms with Crippen LogP contribution in [0.15, 0.2) is 57.5 Å². The molecule has 0 amide bonds. The van der Waals surface area contributed by atoms with Gasteiger partial charge in [0.2, 0.25) is 0 Å². The standard InChI is InChI=1S/C29H29IN2O6S/c1-7-37-28(35)24-16(4)31-29-32(25(24)20-10-8-19(9-11-20)15(2)3)27(34)23(39-29)14-18-12-21(30)26(38-17(5)33)22(13-18)36-6/h8-15,25H,7H2,1-6H3. The molecule has 3 aromatic rings. The molecule has 1 aromatic heterocycles. The number of aromatic nitrogens is 1. The summed E-state index contributed by atoms with van der Waals surface area (Å²) in [6, 6.07) is 10.8. The van der Waals surface area contributed by atoms with Crippen LogP contribution in [0.25, 0.3) is 6.08 Å². The van der Waals surface area contributed by atoms with Gasteiger partial charge in [-0.1, -0.05) is 49.4 Å². The molecule has 10 heteroatoms. The molecule has 1 unspecified atom stereocenters. The molecule has 1 aliphatic rings. The van der Waals surface area contributed by atoms with Crippen LogP contribution in [0.2, 0.25) is 0 Å². The number of fused-ring (bicyclic) bond motifs is 1. The first-order valence-electron chi connectivity index (χ1n) is 12.4. The van der Waals surface area contributed by atoms with E-state index in [9.17, 15) is 14.4 Å². The van der Waals surface area contributed by atoms with Crippen molar-refractivity contribution >= 4 is 51.9 Å². The third kappa shape index (κ3) is 5.86. The third-order valence-corrected chi connectivity index (χ3v) is 8.02. The molecular weight excluding hydrogens is 631 g/mol. The highest BCUT2D eigenvalue weighted by molar-refractivity contribution is 14.1. The van der Waals surface area contributed by atoms with Crippen molar-refractivity contribution in [1.82, 2.24) is 4.57 Å². The Morgan fingerprint density at radius 3 is 2.49 bits per heavy atom. The van der Waals surface area contributed by atoms with E-state index >= 15 is 0 Å². The van der Waals surface area contributed by atoms with Gasteiger partial charge in [0.1, 0.15) is 0 Å². The molecule has 0 radical (unpaired) electrons. The number of methoxy groups -OCH3 is 1. The van der Waals surface area contributed by atoms with Gasteiger partial charge in [0.15, 0.2) is 16.3 Å². The zero-order valence-electron chi connectivity index (χ0n) is 22.5. The molecule has 39 heavy (non-hydrogen) atoms. The van der Waals surface area contributed by atoms with Crippen molar-refractivity contribution in [2.75, 3.05) is 13.7 Å². The molecule has 2 heterocycles. The number of esters is 2. The fraction of sp³-hybridized carbons (Fsp3) is 0.310. The number of allylic oxidation sites excluding steroid dienone is 1. The van der Waals surface area contributed by atoms with Gasteiger partial charge in [-0.3, -0.25) is 14.2 Å². The summed E-state index contributed by atoms with van der Waals surface area (Å²) in [4.78, 5) is 43.6. The minimum absolute atomic E-state index is 0.211. The van der Waals surface area contributed by atoms with Gasteiger partial charge >= 0.3 is 11.9 Å². The summed E-state index contributed by atoms with van der Waals surface area (Å²) >= 11 is 3.30. The summed E-state index contributed by atoms with van der Waals surface area (Å²) in [5.41, 5.74) is 3.23. The molecule has 0 fully saturated rings. The predicted molar refractivity (Wildman–Crippen MR) is 158 cm³/mol. The number of carbonyl (C=O) groups excluding carboxylic acids is 2. The number of nitrogens with zero attached hydrogens (tertiary/aromatic N) is 2. The summed E-state index contributed by atoms with van der Waals surface area (Å²) in [5.74, 6) is 0.0890.